The standard InChI is InChI=1S/C17H15NO2/c1-19-16-10-6-9-14(17(16)20-2)11-15(12-18)13-7-4-3-5-8-13/h3-11H,1-2H3/b15-11+. The van der Waals surface area contributed by atoms with Gasteiger partial charge in [0.2, 0.25) is 0 Å². The van der Waals surface area contributed by atoms with Crippen LogP contribution in [0, 0.1) is 11.3 Å². The summed E-state index contributed by atoms with van der Waals surface area (Å²) in [5.74, 6) is 1.27. The van der Waals surface area contributed by atoms with Gasteiger partial charge < -0.3 is 9.47 Å². The van der Waals surface area contributed by atoms with Crippen LogP contribution in [0.1, 0.15) is 11.1 Å². The molecular formula is C17H15NO2. The van der Waals surface area contributed by atoms with Crippen molar-refractivity contribution in [3.05, 3.63) is 59.7 Å². The summed E-state index contributed by atoms with van der Waals surface area (Å²) in [6.07, 6.45) is 1.80. The molecule has 0 fully saturated rings. The number of benzene rings is 2. The summed E-state index contributed by atoms with van der Waals surface area (Å²) in [6, 6.07) is 17.3. The molecule has 0 heterocycles. The predicted molar refractivity (Wildman–Crippen MR) is 79.5 cm³/mol. The average Bonchev–Trinajstić information content (AvgIpc) is 2.52. The van der Waals surface area contributed by atoms with Gasteiger partial charge >= 0.3 is 0 Å². The van der Waals surface area contributed by atoms with Crippen LogP contribution in [-0.4, -0.2) is 14.2 Å². The Balaban J connectivity index is 2.51. The van der Waals surface area contributed by atoms with Gasteiger partial charge in [-0.1, -0.05) is 42.5 Å². The molecule has 0 spiro atoms. The lowest BCUT2D eigenvalue weighted by atomic mass is 10.0. The molecule has 0 radical (unpaired) electrons. The molecule has 20 heavy (non-hydrogen) atoms. The van der Waals surface area contributed by atoms with Crippen molar-refractivity contribution in [1.82, 2.24) is 0 Å². The molecule has 0 N–H and O–H groups in total. The van der Waals surface area contributed by atoms with Crippen LogP contribution < -0.4 is 9.47 Å². The third-order valence-corrected chi connectivity index (χ3v) is 2.94. The highest BCUT2D eigenvalue weighted by Crippen LogP contribution is 2.33. The zero-order chi connectivity index (χ0) is 14.4. The maximum Gasteiger partial charge on any atom is 0.167 e. The molecule has 0 saturated carbocycles. The van der Waals surface area contributed by atoms with Gasteiger partial charge in [0.1, 0.15) is 0 Å². The van der Waals surface area contributed by atoms with Gasteiger partial charge in [0.25, 0.3) is 0 Å². The Kier molecular flexibility index (Phi) is 4.41. The van der Waals surface area contributed by atoms with E-state index in [1.807, 2.05) is 48.5 Å². The second kappa shape index (κ2) is 6.44. The number of nitriles is 1. The van der Waals surface area contributed by atoms with Crippen molar-refractivity contribution in [2.24, 2.45) is 0 Å². The van der Waals surface area contributed by atoms with Crippen molar-refractivity contribution in [2.75, 3.05) is 14.2 Å². The molecule has 2 aromatic carbocycles. The topological polar surface area (TPSA) is 42.2 Å². The molecule has 0 aliphatic heterocycles. The fraction of sp³-hybridized carbons (Fsp3) is 0.118. The summed E-state index contributed by atoms with van der Waals surface area (Å²) in [4.78, 5) is 0. The summed E-state index contributed by atoms with van der Waals surface area (Å²) in [6.45, 7) is 0. The van der Waals surface area contributed by atoms with E-state index in [-0.39, 0.29) is 0 Å². The molecular weight excluding hydrogens is 250 g/mol. The lowest BCUT2D eigenvalue weighted by Crippen LogP contribution is -1.93. The minimum Gasteiger partial charge on any atom is -0.493 e. The van der Waals surface area contributed by atoms with Crippen molar-refractivity contribution < 1.29 is 9.47 Å². The molecule has 2 aromatic rings. The molecule has 0 unspecified atom stereocenters. The van der Waals surface area contributed by atoms with Crippen molar-refractivity contribution in [3.63, 3.8) is 0 Å². The molecule has 100 valence electrons. The Morgan fingerprint density at radius 3 is 2.35 bits per heavy atom. The van der Waals surface area contributed by atoms with Crippen molar-refractivity contribution >= 4 is 11.6 Å². The van der Waals surface area contributed by atoms with Gasteiger partial charge in [-0.2, -0.15) is 5.26 Å². The molecule has 0 amide bonds. The Morgan fingerprint density at radius 1 is 1.00 bits per heavy atom. The fourth-order valence-corrected chi connectivity index (χ4v) is 1.98. The van der Waals surface area contributed by atoms with E-state index in [1.54, 1.807) is 20.3 Å². The van der Waals surface area contributed by atoms with E-state index in [0.717, 1.165) is 11.1 Å². The van der Waals surface area contributed by atoms with E-state index in [9.17, 15) is 5.26 Å². The lowest BCUT2D eigenvalue weighted by molar-refractivity contribution is 0.354. The maximum absolute atomic E-state index is 9.34. The molecule has 0 saturated heterocycles. The van der Waals surface area contributed by atoms with E-state index in [2.05, 4.69) is 6.07 Å². The highest BCUT2D eigenvalue weighted by Gasteiger charge is 2.09. The first kappa shape index (κ1) is 13.7. The summed E-state index contributed by atoms with van der Waals surface area (Å²) in [7, 11) is 3.18. The Morgan fingerprint density at radius 2 is 1.75 bits per heavy atom. The van der Waals surface area contributed by atoms with E-state index in [1.165, 1.54) is 0 Å². The average molecular weight is 265 g/mol. The van der Waals surface area contributed by atoms with Crippen molar-refractivity contribution in [1.29, 1.82) is 5.26 Å². The van der Waals surface area contributed by atoms with E-state index >= 15 is 0 Å². The van der Waals surface area contributed by atoms with Crippen LogP contribution in [0.4, 0.5) is 0 Å². The predicted octanol–water partition coefficient (Wildman–Crippen LogP) is 3.77. The van der Waals surface area contributed by atoms with Crippen LogP contribution in [0.15, 0.2) is 48.5 Å². The Bertz CT molecular complexity index is 654. The first-order chi connectivity index (χ1) is 9.80. The SMILES string of the molecule is COc1cccc(/C=C(\C#N)c2ccccc2)c1OC. The zero-order valence-corrected chi connectivity index (χ0v) is 11.5. The third-order valence-electron chi connectivity index (χ3n) is 2.94. The minimum atomic E-state index is 0.581. The number of allylic oxidation sites excluding steroid dienone is 1. The number of para-hydroxylation sites is 1. The van der Waals surface area contributed by atoms with Crippen molar-refractivity contribution in [2.45, 2.75) is 0 Å². The highest BCUT2D eigenvalue weighted by atomic mass is 16.5. The largest absolute Gasteiger partial charge is 0.493 e. The van der Waals surface area contributed by atoms with Crippen LogP contribution >= 0.6 is 0 Å². The second-order valence-electron chi connectivity index (χ2n) is 4.12. The number of rotatable bonds is 4. The molecule has 0 aromatic heterocycles. The molecule has 0 aliphatic carbocycles. The van der Waals surface area contributed by atoms with Gasteiger partial charge in [-0.3, -0.25) is 0 Å². The molecule has 0 atom stereocenters. The lowest BCUT2D eigenvalue weighted by Gasteiger charge is -2.10. The van der Waals surface area contributed by atoms with E-state index in [4.69, 9.17) is 9.47 Å². The third kappa shape index (κ3) is 2.81. The Hall–Kier alpha value is -2.73. The van der Waals surface area contributed by atoms with Gasteiger partial charge in [-0.05, 0) is 17.7 Å². The van der Waals surface area contributed by atoms with Gasteiger partial charge in [0.15, 0.2) is 11.5 Å². The first-order valence-corrected chi connectivity index (χ1v) is 6.18. The van der Waals surface area contributed by atoms with Crippen LogP contribution in [-0.2, 0) is 0 Å². The smallest absolute Gasteiger partial charge is 0.167 e. The molecule has 0 aliphatic rings. The van der Waals surface area contributed by atoms with E-state index < -0.39 is 0 Å². The first-order valence-electron chi connectivity index (χ1n) is 6.18. The molecule has 0 bridgehead atoms. The molecule has 3 nitrogen and oxygen atoms in total. The highest BCUT2D eigenvalue weighted by molar-refractivity contribution is 5.91. The summed E-state index contributed by atoms with van der Waals surface area (Å²) < 4.78 is 10.6. The number of hydrogen-bond acceptors (Lipinski definition) is 3. The van der Waals surface area contributed by atoms with Crippen LogP contribution in [0.25, 0.3) is 11.6 Å². The normalized spacial score (nSPS) is 10.8. The van der Waals surface area contributed by atoms with Crippen LogP contribution in [0.2, 0.25) is 0 Å². The minimum absolute atomic E-state index is 0.581. The summed E-state index contributed by atoms with van der Waals surface area (Å²) in [5, 5.41) is 9.34. The summed E-state index contributed by atoms with van der Waals surface area (Å²) >= 11 is 0. The quantitative estimate of drug-likeness (QED) is 0.624. The second-order valence-corrected chi connectivity index (χ2v) is 4.12. The summed E-state index contributed by atoms with van der Waals surface area (Å²) in [5.41, 5.74) is 2.27. The van der Waals surface area contributed by atoms with Gasteiger partial charge in [0, 0.05) is 5.56 Å². The van der Waals surface area contributed by atoms with Crippen LogP contribution in [0.5, 0.6) is 11.5 Å². The van der Waals surface area contributed by atoms with Gasteiger partial charge in [0.05, 0.1) is 25.9 Å². The number of methoxy groups -OCH3 is 2. The number of hydrogen-bond donors (Lipinski definition) is 0. The van der Waals surface area contributed by atoms with Gasteiger partial charge in [-0.25, -0.2) is 0 Å². The number of nitrogens with zero attached hydrogens (tertiary/aromatic N) is 1. The van der Waals surface area contributed by atoms with Gasteiger partial charge in [-0.15, -0.1) is 0 Å². The number of ether oxygens (including phenoxy) is 2. The monoisotopic (exact) mass is 265 g/mol. The fourth-order valence-electron chi connectivity index (χ4n) is 1.98. The molecule has 3 heteroatoms. The Labute approximate surface area is 118 Å². The maximum atomic E-state index is 9.34. The molecule has 2 rings (SSSR count). The van der Waals surface area contributed by atoms with E-state index in [0.29, 0.717) is 17.1 Å². The van der Waals surface area contributed by atoms with Crippen molar-refractivity contribution in [3.8, 4) is 17.6 Å². The van der Waals surface area contributed by atoms with Crippen LogP contribution in [0.3, 0.4) is 0 Å². The zero-order valence-electron chi connectivity index (χ0n) is 11.5.